The van der Waals surface area contributed by atoms with Gasteiger partial charge in [0.25, 0.3) is 0 Å². The van der Waals surface area contributed by atoms with Gasteiger partial charge in [-0.15, -0.1) is 0 Å². The first-order chi connectivity index (χ1) is 8.99. The highest BCUT2D eigenvalue weighted by atomic mass is 16.2. The molecule has 1 rings (SSSR count). The molecular weight excluding hydrogens is 242 g/mol. The summed E-state index contributed by atoms with van der Waals surface area (Å²) in [6.45, 7) is 5.65. The number of amides is 3. The van der Waals surface area contributed by atoms with Crippen LogP contribution in [0.4, 0.5) is 4.79 Å². The topological polar surface area (TPSA) is 52.7 Å². The number of carbonyl (C=O) groups excluding carboxylic acids is 2. The summed E-state index contributed by atoms with van der Waals surface area (Å²) in [5.74, 6) is 0.440. The Morgan fingerprint density at radius 3 is 2.16 bits per heavy atom. The lowest BCUT2D eigenvalue weighted by molar-refractivity contribution is -0.136. The predicted octanol–water partition coefficient (Wildman–Crippen LogP) is 1.68. The first-order valence-corrected chi connectivity index (χ1v) is 7.26. The number of likely N-dealkylation sites (tertiary alicyclic amines) is 1. The van der Waals surface area contributed by atoms with Crippen LogP contribution in [-0.4, -0.2) is 55.0 Å². The smallest absolute Gasteiger partial charge is 0.317 e. The molecule has 1 saturated heterocycles. The predicted molar refractivity (Wildman–Crippen MR) is 75.9 cm³/mol. The van der Waals surface area contributed by atoms with Gasteiger partial charge in [0, 0.05) is 39.1 Å². The number of hydrogen-bond acceptors (Lipinski definition) is 2. The van der Waals surface area contributed by atoms with Crippen molar-refractivity contribution in [3.05, 3.63) is 0 Å². The van der Waals surface area contributed by atoms with Crippen molar-refractivity contribution in [1.29, 1.82) is 0 Å². The average Bonchev–Trinajstić information content (AvgIpc) is 2.40. The second-order valence-corrected chi connectivity index (χ2v) is 5.46. The van der Waals surface area contributed by atoms with Gasteiger partial charge in [-0.3, -0.25) is 4.79 Å². The van der Waals surface area contributed by atoms with Crippen molar-refractivity contribution in [1.82, 2.24) is 15.1 Å². The SMILES string of the molecule is CCC(CC)C(=O)N1CCC(NC(=O)N(C)C)CC1. The van der Waals surface area contributed by atoms with Gasteiger partial charge in [0.1, 0.15) is 0 Å². The number of rotatable bonds is 4. The Hall–Kier alpha value is -1.26. The lowest BCUT2D eigenvalue weighted by atomic mass is 9.98. The number of hydrogen-bond donors (Lipinski definition) is 1. The summed E-state index contributed by atoms with van der Waals surface area (Å²) in [5, 5.41) is 2.98. The molecule has 1 fully saturated rings. The molecule has 1 heterocycles. The van der Waals surface area contributed by atoms with Crippen LogP contribution in [0.5, 0.6) is 0 Å². The van der Waals surface area contributed by atoms with Crippen LogP contribution in [0.1, 0.15) is 39.5 Å². The Kier molecular flexibility index (Phi) is 6.12. The van der Waals surface area contributed by atoms with Gasteiger partial charge < -0.3 is 15.1 Å². The molecule has 0 unspecified atom stereocenters. The van der Waals surface area contributed by atoms with Crippen LogP contribution in [0.3, 0.4) is 0 Å². The van der Waals surface area contributed by atoms with E-state index in [0.717, 1.165) is 38.8 Å². The third-order valence-corrected chi connectivity index (χ3v) is 3.88. The number of nitrogens with one attached hydrogen (secondary N) is 1. The van der Waals surface area contributed by atoms with Crippen LogP contribution in [0.25, 0.3) is 0 Å². The molecule has 1 N–H and O–H groups in total. The lowest BCUT2D eigenvalue weighted by Gasteiger charge is -2.34. The Morgan fingerprint density at radius 2 is 1.74 bits per heavy atom. The fourth-order valence-corrected chi connectivity index (χ4v) is 2.44. The largest absolute Gasteiger partial charge is 0.342 e. The van der Waals surface area contributed by atoms with Crippen LogP contribution in [0.2, 0.25) is 0 Å². The highest BCUT2D eigenvalue weighted by Gasteiger charge is 2.27. The molecule has 0 spiro atoms. The van der Waals surface area contributed by atoms with E-state index in [2.05, 4.69) is 19.2 Å². The molecule has 19 heavy (non-hydrogen) atoms. The van der Waals surface area contributed by atoms with Gasteiger partial charge in [-0.25, -0.2) is 4.79 Å². The van der Waals surface area contributed by atoms with Crippen molar-refractivity contribution >= 4 is 11.9 Å². The first kappa shape index (κ1) is 15.8. The molecule has 1 aliphatic rings. The quantitative estimate of drug-likeness (QED) is 0.844. The number of nitrogens with zero attached hydrogens (tertiary/aromatic N) is 2. The zero-order valence-electron chi connectivity index (χ0n) is 12.6. The Balaban J connectivity index is 2.40. The molecule has 0 radical (unpaired) electrons. The van der Waals surface area contributed by atoms with Crippen LogP contribution >= 0.6 is 0 Å². The Labute approximate surface area is 116 Å². The summed E-state index contributed by atoms with van der Waals surface area (Å²) >= 11 is 0. The maximum atomic E-state index is 12.2. The minimum absolute atomic E-state index is 0.0511. The molecular formula is C14H27N3O2. The Morgan fingerprint density at radius 1 is 1.21 bits per heavy atom. The summed E-state index contributed by atoms with van der Waals surface area (Å²) < 4.78 is 0. The summed E-state index contributed by atoms with van der Waals surface area (Å²) in [6, 6.07) is 0.144. The molecule has 5 nitrogen and oxygen atoms in total. The van der Waals surface area contributed by atoms with Gasteiger partial charge in [0.15, 0.2) is 0 Å². The van der Waals surface area contributed by atoms with Crippen molar-refractivity contribution in [2.45, 2.75) is 45.6 Å². The highest BCUT2D eigenvalue weighted by Crippen LogP contribution is 2.17. The number of urea groups is 1. The van der Waals surface area contributed by atoms with Crippen LogP contribution < -0.4 is 5.32 Å². The summed E-state index contributed by atoms with van der Waals surface area (Å²) in [4.78, 5) is 27.3. The fourth-order valence-electron chi connectivity index (χ4n) is 2.44. The van der Waals surface area contributed by atoms with Gasteiger partial charge in [-0.1, -0.05) is 13.8 Å². The number of piperidine rings is 1. The molecule has 0 aromatic rings. The summed E-state index contributed by atoms with van der Waals surface area (Å²) in [7, 11) is 3.47. The molecule has 0 atom stereocenters. The van der Waals surface area contributed by atoms with E-state index in [1.807, 2.05) is 4.90 Å². The summed E-state index contributed by atoms with van der Waals surface area (Å²) in [5.41, 5.74) is 0. The van der Waals surface area contributed by atoms with Crippen LogP contribution in [-0.2, 0) is 4.79 Å². The second kappa shape index (κ2) is 7.36. The van der Waals surface area contributed by atoms with Crippen molar-refractivity contribution in [2.24, 2.45) is 5.92 Å². The molecule has 3 amide bonds. The van der Waals surface area contributed by atoms with E-state index in [1.54, 1.807) is 19.0 Å². The minimum Gasteiger partial charge on any atom is -0.342 e. The second-order valence-electron chi connectivity index (χ2n) is 5.46. The fraction of sp³-hybridized carbons (Fsp3) is 0.857. The molecule has 1 aliphatic heterocycles. The van der Waals surface area contributed by atoms with Crippen molar-refractivity contribution in [3.8, 4) is 0 Å². The maximum Gasteiger partial charge on any atom is 0.317 e. The van der Waals surface area contributed by atoms with Crippen molar-refractivity contribution in [3.63, 3.8) is 0 Å². The first-order valence-electron chi connectivity index (χ1n) is 7.26. The Bertz CT molecular complexity index is 306. The zero-order chi connectivity index (χ0) is 14.4. The average molecular weight is 269 g/mol. The molecule has 0 aromatic heterocycles. The third-order valence-electron chi connectivity index (χ3n) is 3.88. The van der Waals surface area contributed by atoms with Crippen LogP contribution in [0, 0.1) is 5.92 Å². The van der Waals surface area contributed by atoms with E-state index in [9.17, 15) is 9.59 Å². The minimum atomic E-state index is -0.0511. The van der Waals surface area contributed by atoms with E-state index >= 15 is 0 Å². The van der Waals surface area contributed by atoms with Gasteiger partial charge in [-0.2, -0.15) is 0 Å². The molecule has 0 saturated carbocycles. The van der Waals surface area contributed by atoms with E-state index in [4.69, 9.17) is 0 Å². The van der Waals surface area contributed by atoms with E-state index in [1.165, 1.54) is 0 Å². The molecule has 0 aromatic carbocycles. The summed E-state index contributed by atoms with van der Waals surface area (Å²) in [6.07, 6.45) is 3.52. The van der Waals surface area contributed by atoms with Crippen molar-refractivity contribution < 1.29 is 9.59 Å². The highest BCUT2D eigenvalue weighted by molar-refractivity contribution is 5.79. The third kappa shape index (κ3) is 4.40. The maximum absolute atomic E-state index is 12.2. The normalized spacial score (nSPS) is 16.6. The zero-order valence-corrected chi connectivity index (χ0v) is 12.6. The molecule has 5 heteroatoms. The monoisotopic (exact) mass is 269 g/mol. The van der Waals surface area contributed by atoms with E-state index in [0.29, 0.717) is 0 Å². The standard InChI is InChI=1S/C14H27N3O2/c1-5-11(6-2)13(18)17-9-7-12(8-10-17)15-14(19)16(3)4/h11-12H,5-10H2,1-4H3,(H,15,19). The van der Waals surface area contributed by atoms with Crippen molar-refractivity contribution in [2.75, 3.05) is 27.2 Å². The molecule has 0 aliphatic carbocycles. The van der Waals surface area contributed by atoms with E-state index in [-0.39, 0.29) is 23.9 Å². The van der Waals surface area contributed by atoms with E-state index < -0.39 is 0 Å². The van der Waals surface area contributed by atoms with Gasteiger partial charge in [0.05, 0.1) is 0 Å². The molecule has 110 valence electrons. The van der Waals surface area contributed by atoms with Crippen LogP contribution in [0.15, 0.2) is 0 Å². The number of carbonyl (C=O) groups is 2. The lowest BCUT2D eigenvalue weighted by Crippen LogP contribution is -2.49. The van der Waals surface area contributed by atoms with Gasteiger partial charge in [-0.05, 0) is 25.7 Å². The van der Waals surface area contributed by atoms with Gasteiger partial charge >= 0.3 is 6.03 Å². The van der Waals surface area contributed by atoms with Gasteiger partial charge in [0.2, 0.25) is 5.91 Å². The molecule has 0 bridgehead atoms.